The van der Waals surface area contributed by atoms with Crippen LogP contribution in [0.2, 0.25) is 0 Å². The van der Waals surface area contributed by atoms with E-state index in [1.54, 1.807) is 11.0 Å². The number of allylic oxidation sites excluding steroid dienone is 2. The Hall–Kier alpha value is -1.79. The molecule has 0 aliphatic carbocycles. The number of hydrogen-bond acceptors (Lipinski definition) is 5. The van der Waals surface area contributed by atoms with Crippen LogP contribution in [0.4, 0.5) is 5.69 Å². The number of amides is 1. The van der Waals surface area contributed by atoms with E-state index in [0.717, 1.165) is 23.9 Å². The summed E-state index contributed by atoms with van der Waals surface area (Å²) in [7, 11) is 0. The summed E-state index contributed by atoms with van der Waals surface area (Å²) in [5.41, 5.74) is 1.05. The first kappa shape index (κ1) is 15.1. The summed E-state index contributed by atoms with van der Waals surface area (Å²) in [4.78, 5) is 16.5. The second kappa shape index (κ2) is 6.14. The summed E-state index contributed by atoms with van der Waals surface area (Å²) in [6.07, 6.45) is 3.63. The van der Waals surface area contributed by atoms with Crippen LogP contribution in [0, 0.1) is 0 Å². The van der Waals surface area contributed by atoms with E-state index >= 15 is 0 Å². The monoisotopic (exact) mass is 332 g/mol. The molecule has 0 aromatic heterocycles. The van der Waals surface area contributed by atoms with Gasteiger partial charge < -0.3 is 9.64 Å². The summed E-state index contributed by atoms with van der Waals surface area (Å²) in [5, 5.41) is 0. The SMILES string of the molecule is CCN1C(=O)C(=CC=C2Oc3ccccc3N2CC)SC1=S. The number of likely N-dealkylation sites (N-methyl/N-ethyl adjacent to an activating group) is 1. The maximum Gasteiger partial charge on any atom is 0.266 e. The van der Waals surface area contributed by atoms with E-state index in [9.17, 15) is 4.79 Å². The number of fused-ring (bicyclic) bond motifs is 1. The van der Waals surface area contributed by atoms with Crippen LogP contribution in [0.15, 0.2) is 47.2 Å². The van der Waals surface area contributed by atoms with Gasteiger partial charge in [0.05, 0.1) is 10.6 Å². The van der Waals surface area contributed by atoms with Crippen molar-refractivity contribution in [2.75, 3.05) is 18.0 Å². The van der Waals surface area contributed by atoms with Crippen LogP contribution in [0.5, 0.6) is 5.75 Å². The van der Waals surface area contributed by atoms with Gasteiger partial charge in [0, 0.05) is 19.2 Å². The van der Waals surface area contributed by atoms with Gasteiger partial charge in [-0.25, -0.2) is 0 Å². The van der Waals surface area contributed by atoms with Crippen LogP contribution < -0.4 is 9.64 Å². The number of carbonyl (C=O) groups is 1. The molecule has 2 aliphatic rings. The second-order valence-electron chi connectivity index (χ2n) is 4.77. The number of carbonyl (C=O) groups excluding carboxylic acids is 1. The van der Waals surface area contributed by atoms with Crippen molar-refractivity contribution in [3.05, 3.63) is 47.2 Å². The standard InChI is InChI=1S/C16H16N2O2S2/c1-3-17-11-7-5-6-8-12(11)20-14(17)10-9-13-15(19)18(4-2)16(21)22-13/h5-10H,3-4H2,1-2H3. The Morgan fingerprint density at radius 2 is 1.91 bits per heavy atom. The molecule has 0 spiro atoms. The molecule has 0 radical (unpaired) electrons. The third-order valence-electron chi connectivity index (χ3n) is 3.52. The molecule has 1 fully saturated rings. The number of benzene rings is 1. The van der Waals surface area contributed by atoms with Gasteiger partial charge in [-0.3, -0.25) is 9.69 Å². The van der Waals surface area contributed by atoms with Gasteiger partial charge in [0.2, 0.25) is 5.88 Å². The zero-order valence-electron chi connectivity index (χ0n) is 12.4. The smallest absolute Gasteiger partial charge is 0.266 e. The van der Waals surface area contributed by atoms with Crippen molar-refractivity contribution in [1.82, 2.24) is 4.90 Å². The molecule has 1 amide bonds. The predicted octanol–water partition coefficient (Wildman–Crippen LogP) is 3.51. The van der Waals surface area contributed by atoms with Crippen molar-refractivity contribution in [3.8, 4) is 5.75 Å². The van der Waals surface area contributed by atoms with Crippen molar-refractivity contribution in [3.63, 3.8) is 0 Å². The quantitative estimate of drug-likeness (QED) is 0.625. The number of thiocarbonyl (C=S) groups is 1. The molecule has 0 unspecified atom stereocenters. The molecule has 6 heteroatoms. The lowest BCUT2D eigenvalue weighted by atomic mass is 10.3. The normalized spacial score (nSPS) is 21.0. The number of hydrogen-bond donors (Lipinski definition) is 0. The molecule has 0 N–H and O–H groups in total. The van der Waals surface area contributed by atoms with Crippen LogP contribution in [0.25, 0.3) is 0 Å². The molecule has 0 bridgehead atoms. The average Bonchev–Trinajstić information content (AvgIpc) is 3.01. The molecule has 22 heavy (non-hydrogen) atoms. The lowest BCUT2D eigenvalue weighted by Gasteiger charge is -2.14. The van der Waals surface area contributed by atoms with Gasteiger partial charge in [0.1, 0.15) is 4.32 Å². The minimum atomic E-state index is -0.0343. The van der Waals surface area contributed by atoms with E-state index in [0.29, 0.717) is 15.8 Å². The van der Waals surface area contributed by atoms with Gasteiger partial charge in [-0.1, -0.05) is 36.1 Å². The largest absolute Gasteiger partial charge is 0.439 e. The summed E-state index contributed by atoms with van der Waals surface area (Å²) >= 11 is 6.54. The van der Waals surface area contributed by atoms with E-state index in [1.807, 2.05) is 37.3 Å². The van der Waals surface area contributed by atoms with Crippen LogP contribution in [0.1, 0.15) is 13.8 Å². The Balaban J connectivity index is 1.87. The number of ether oxygens (including phenoxy) is 1. The molecular formula is C16H16N2O2S2. The van der Waals surface area contributed by atoms with Crippen LogP contribution >= 0.6 is 24.0 Å². The highest BCUT2D eigenvalue weighted by atomic mass is 32.2. The minimum absolute atomic E-state index is 0.0343. The maximum atomic E-state index is 12.2. The number of rotatable bonds is 3. The number of thioether (sulfide) groups is 1. The molecule has 4 nitrogen and oxygen atoms in total. The zero-order valence-corrected chi connectivity index (χ0v) is 14.0. The minimum Gasteiger partial charge on any atom is -0.439 e. The molecule has 1 saturated heterocycles. The predicted molar refractivity (Wildman–Crippen MR) is 93.8 cm³/mol. The number of nitrogens with zero attached hydrogens (tertiary/aromatic N) is 2. The Morgan fingerprint density at radius 3 is 2.59 bits per heavy atom. The third kappa shape index (κ3) is 2.53. The van der Waals surface area contributed by atoms with Gasteiger partial charge in [-0.2, -0.15) is 0 Å². The fraction of sp³-hybridized carbons (Fsp3) is 0.250. The second-order valence-corrected chi connectivity index (χ2v) is 6.44. The fourth-order valence-corrected chi connectivity index (χ4v) is 3.76. The lowest BCUT2D eigenvalue weighted by Crippen LogP contribution is -2.27. The molecule has 2 aliphatic heterocycles. The summed E-state index contributed by atoms with van der Waals surface area (Å²) in [6.45, 7) is 5.38. The Morgan fingerprint density at radius 1 is 1.18 bits per heavy atom. The topological polar surface area (TPSA) is 32.8 Å². The Bertz CT molecular complexity index is 697. The van der Waals surface area contributed by atoms with E-state index < -0.39 is 0 Å². The van der Waals surface area contributed by atoms with Gasteiger partial charge >= 0.3 is 0 Å². The van der Waals surface area contributed by atoms with E-state index in [2.05, 4.69) is 11.8 Å². The highest BCUT2D eigenvalue weighted by Crippen LogP contribution is 2.38. The van der Waals surface area contributed by atoms with Gasteiger partial charge in [0.15, 0.2) is 5.75 Å². The Labute approximate surface area is 139 Å². The first-order valence-corrected chi connectivity index (χ1v) is 8.38. The van der Waals surface area contributed by atoms with Gasteiger partial charge in [0.25, 0.3) is 5.91 Å². The number of anilines is 1. The zero-order chi connectivity index (χ0) is 15.7. The first-order valence-electron chi connectivity index (χ1n) is 7.15. The maximum absolute atomic E-state index is 12.2. The van der Waals surface area contributed by atoms with Crippen molar-refractivity contribution in [2.24, 2.45) is 0 Å². The molecule has 3 rings (SSSR count). The average molecular weight is 332 g/mol. The molecule has 1 aromatic carbocycles. The first-order chi connectivity index (χ1) is 10.7. The summed E-state index contributed by atoms with van der Waals surface area (Å²) < 4.78 is 6.47. The van der Waals surface area contributed by atoms with Crippen molar-refractivity contribution in [1.29, 1.82) is 0 Å². The van der Waals surface area contributed by atoms with E-state index in [4.69, 9.17) is 17.0 Å². The van der Waals surface area contributed by atoms with Crippen LogP contribution in [-0.2, 0) is 4.79 Å². The fourth-order valence-electron chi connectivity index (χ4n) is 2.44. The molecule has 0 atom stereocenters. The molecule has 1 aromatic rings. The van der Waals surface area contributed by atoms with Gasteiger partial charge in [-0.05, 0) is 32.1 Å². The van der Waals surface area contributed by atoms with Crippen molar-refractivity contribution >= 4 is 39.9 Å². The van der Waals surface area contributed by atoms with Crippen molar-refractivity contribution in [2.45, 2.75) is 13.8 Å². The van der Waals surface area contributed by atoms with Crippen LogP contribution in [0.3, 0.4) is 0 Å². The van der Waals surface area contributed by atoms with Gasteiger partial charge in [-0.15, -0.1) is 0 Å². The van der Waals surface area contributed by atoms with Crippen molar-refractivity contribution < 1.29 is 9.53 Å². The summed E-state index contributed by atoms with van der Waals surface area (Å²) in [6, 6.07) is 7.90. The molecule has 0 saturated carbocycles. The van der Waals surface area contributed by atoms with E-state index in [1.165, 1.54) is 11.8 Å². The highest BCUT2D eigenvalue weighted by molar-refractivity contribution is 8.26. The third-order valence-corrected chi connectivity index (χ3v) is 4.92. The Kier molecular flexibility index (Phi) is 4.22. The van der Waals surface area contributed by atoms with Crippen LogP contribution in [-0.4, -0.2) is 28.2 Å². The number of para-hydroxylation sites is 2. The highest BCUT2D eigenvalue weighted by Gasteiger charge is 2.30. The lowest BCUT2D eigenvalue weighted by molar-refractivity contribution is -0.122. The molecule has 2 heterocycles. The van der Waals surface area contributed by atoms with E-state index in [-0.39, 0.29) is 5.91 Å². The molecular weight excluding hydrogens is 316 g/mol. The molecule has 114 valence electrons. The summed E-state index contributed by atoms with van der Waals surface area (Å²) in [5.74, 6) is 1.53.